The number of nitrogens with one attached hydrogen (secondary N) is 2. The van der Waals surface area contributed by atoms with E-state index in [1.807, 2.05) is 0 Å². The van der Waals surface area contributed by atoms with Crippen LogP contribution in [-0.4, -0.2) is 13.0 Å². The molecule has 0 saturated heterocycles. The zero-order valence-electron chi connectivity index (χ0n) is 10.9. The Morgan fingerprint density at radius 2 is 1.90 bits per heavy atom. The van der Waals surface area contributed by atoms with Crippen molar-refractivity contribution < 1.29 is 9.18 Å². The van der Waals surface area contributed by atoms with Crippen molar-refractivity contribution in [3.8, 4) is 0 Å². The van der Waals surface area contributed by atoms with E-state index in [9.17, 15) is 9.18 Å². The second-order valence-corrected chi connectivity index (χ2v) is 4.67. The van der Waals surface area contributed by atoms with Crippen molar-refractivity contribution in [1.29, 1.82) is 0 Å². The number of amides is 1. The molecule has 0 aromatic heterocycles. The number of carbonyl (C=O) groups is 1. The molecule has 2 aromatic carbocycles. The van der Waals surface area contributed by atoms with Crippen LogP contribution in [0.25, 0.3) is 0 Å². The first-order valence-corrected chi connectivity index (χ1v) is 6.48. The van der Waals surface area contributed by atoms with Crippen molar-refractivity contribution in [3.63, 3.8) is 0 Å². The van der Waals surface area contributed by atoms with Crippen molar-refractivity contribution in [2.45, 2.75) is 6.54 Å². The van der Waals surface area contributed by atoms with E-state index in [1.165, 1.54) is 12.1 Å². The normalized spacial score (nSPS) is 10.2. The largest absolute Gasteiger partial charge is 0.381 e. The zero-order valence-corrected chi connectivity index (χ0v) is 11.7. The van der Waals surface area contributed by atoms with Gasteiger partial charge in [-0.1, -0.05) is 17.7 Å². The maximum absolute atomic E-state index is 13.3. The molecule has 0 unspecified atom stereocenters. The van der Waals surface area contributed by atoms with Crippen LogP contribution in [-0.2, 0) is 6.54 Å². The number of rotatable bonds is 4. The van der Waals surface area contributed by atoms with E-state index in [2.05, 4.69) is 10.6 Å². The summed E-state index contributed by atoms with van der Waals surface area (Å²) in [7, 11) is 1.59. The quantitative estimate of drug-likeness (QED) is 0.906. The molecule has 5 heteroatoms. The fourth-order valence-corrected chi connectivity index (χ4v) is 1.86. The van der Waals surface area contributed by atoms with Gasteiger partial charge in [0.1, 0.15) is 5.82 Å². The van der Waals surface area contributed by atoms with E-state index in [1.54, 1.807) is 37.4 Å². The summed E-state index contributed by atoms with van der Waals surface area (Å²) in [6.07, 6.45) is 0. The van der Waals surface area contributed by atoms with Crippen LogP contribution in [0.2, 0.25) is 5.02 Å². The minimum Gasteiger partial charge on any atom is -0.381 e. The molecule has 0 spiro atoms. The van der Waals surface area contributed by atoms with Gasteiger partial charge in [0.05, 0.1) is 5.02 Å². The van der Waals surface area contributed by atoms with E-state index in [0.29, 0.717) is 12.1 Å². The fraction of sp³-hybridized carbons (Fsp3) is 0.133. The summed E-state index contributed by atoms with van der Waals surface area (Å²) in [5.74, 6) is -0.558. The lowest BCUT2D eigenvalue weighted by Crippen LogP contribution is -2.17. The summed E-state index contributed by atoms with van der Waals surface area (Å²) in [6, 6.07) is 11.7. The van der Waals surface area contributed by atoms with E-state index in [-0.39, 0.29) is 10.9 Å². The molecule has 104 valence electrons. The predicted molar refractivity (Wildman–Crippen MR) is 78.6 cm³/mol. The number of hydrogen-bond acceptors (Lipinski definition) is 2. The maximum Gasteiger partial charge on any atom is 0.251 e. The Balaban J connectivity index is 2.00. The Kier molecular flexibility index (Phi) is 4.58. The van der Waals surface area contributed by atoms with Crippen LogP contribution < -0.4 is 10.6 Å². The standard InChI is InChI=1S/C15H14ClFN2O/c1-18-15(20)11-3-5-12(6-4-11)19-9-10-2-7-13(16)14(17)8-10/h2-8,19H,9H2,1H3,(H,18,20). The molecular formula is C15H14ClFN2O. The Bertz CT molecular complexity index is 614. The molecule has 20 heavy (non-hydrogen) atoms. The second-order valence-electron chi connectivity index (χ2n) is 4.26. The van der Waals surface area contributed by atoms with Crippen molar-refractivity contribution in [3.05, 3.63) is 64.4 Å². The summed E-state index contributed by atoms with van der Waals surface area (Å²) in [5.41, 5.74) is 2.24. The SMILES string of the molecule is CNC(=O)c1ccc(NCc2ccc(Cl)c(F)c2)cc1. The van der Waals surface area contributed by atoms with Gasteiger partial charge in [0, 0.05) is 24.8 Å². The van der Waals surface area contributed by atoms with Gasteiger partial charge in [-0.15, -0.1) is 0 Å². The molecule has 0 saturated carbocycles. The van der Waals surface area contributed by atoms with Gasteiger partial charge in [0.15, 0.2) is 0 Å². The zero-order chi connectivity index (χ0) is 14.5. The fourth-order valence-electron chi connectivity index (χ4n) is 1.74. The number of carbonyl (C=O) groups excluding carboxylic acids is 1. The molecule has 0 atom stereocenters. The molecule has 0 aliphatic carbocycles. The number of hydrogen-bond donors (Lipinski definition) is 2. The molecule has 0 fully saturated rings. The number of benzene rings is 2. The van der Waals surface area contributed by atoms with Crippen molar-refractivity contribution in [2.24, 2.45) is 0 Å². The Morgan fingerprint density at radius 1 is 1.20 bits per heavy atom. The highest BCUT2D eigenvalue weighted by atomic mass is 35.5. The summed E-state index contributed by atoms with van der Waals surface area (Å²) < 4.78 is 13.3. The van der Waals surface area contributed by atoms with Gasteiger partial charge in [-0.3, -0.25) is 4.79 Å². The first-order valence-electron chi connectivity index (χ1n) is 6.10. The minimum atomic E-state index is -0.430. The van der Waals surface area contributed by atoms with Gasteiger partial charge < -0.3 is 10.6 Å². The first kappa shape index (κ1) is 14.3. The van der Waals surface area contributed by atoms with Crippen LogP contribution in [0.4, 0.5) is 10.1 Å². The molecule has 0 radical (unpaired) electrons. The molecule has 2 N–H and O–H groups in total. The summed E-state index contributed by atoms with van der Waals surface area (Å²) in [4.78, 5) is 11.4. The van der Waals surface area contributed by atoms with Crippen molar-refractivity contribution >= 4 is 23.2 Å². The Morgan fingerprint density at radius 3 is 2.50 bits per heavy atom. The second kappa shape index (κ2) is 6.39. The highest BCUT2D eigenvalue weighted by Gasteiger charge is 2.03. The van der Waals surface area contributed by atoms with E-state index >= 15 is 0 Å². The van der Waals surface area contributed by atoms with Crippen LogP contribution in [0, 0.1) is 5.82 Å². The molecule has 0 bridgehead atoms. The van der Waals surface area contributed by atoms with Crippen LogP contribution in [0.3, 0.4) is 0 Å². The van der Waals surface area contributed by atoms with Crippen LogP contribution in [0.5, 0.6) is 0 Å². The van der Waals surface area contributed by atoms with Gasteiger partial charge in [-0.05, 0) is 42.0 Å². The Hall–Kier alpha value is -2.07. The molecular weight excluding hydrogens is 279 g/mol. The van der Waals surface area contributed by atoms with E-state index in [4.69, 9.17) is 11.6 Å². The third-order valence-corrected chi connectivity index (χ3v) is 3.16. The third-order valence-electron chi connectivity index (χ3n) is 2.85. The van der Waals surface area contributed by atoms with Crippen molar-refractivity contribution in [1.82, 2.24) is 5.32 Å². The third kappa shape index (κ3) is 3.48. The van der Waals surface area contributed by atoms with Gasteiger partial charge >= 0.3 is 0 Å². The molecule has 2 rings (SSSR count). The van der Waals surface area contributed by atoms with Crippen LogP contribution in [0.15, 0.2) is 42.5 Å². The summed E-state index contributed by atoms with van der Waals surface area (Å²) >= 11 is 5.63. The topological polar surface area (TPSA) is 41.1 Å². The molecule has 0 aliphatic heterocycles. The minimum absolute atomic E-state index is 0.115. The molecule has 0 aliphatic rings. The molecule has 3 nitrogen and oxygen atoms in total. The van der Waals surface area contributed by atoms with Gasteiger partial charge in [-0.25, -0.2) is 4.39 Å². The lowest BCUT2D eigenvalue weighted by Gasteiger charge is -2.08. The van der Waals surface area contributed by atoms with E-state index in [0.717, 1.165) is 11.3 Å². The highest BCUT2D eigenvalue weighted by Crippen LogP contribution is 2.17. The predicted octanol–water partition coefficient (Wildman–Crippen LogP) is 3.45. The average molecular weight is 293 g/mol. The van der Waals surface area contributed by atoms with E-state index < -0.39 is 5.82 Å². The van der Waals surface area contributed by atoms with Gasteiger partial charge in [0.2, 0.25) is 0 Å². The van der Waals surface area contributed by atoms with Crippen LogP contribution >= 0.6 is 11.6 Å². The summed E-state index contributed by atoms with van der Waals surface area (Å²) in [6.45, 7) is 0.480. The molecule has 1 amide bonds. The monoisotopic (exact) mass is 292 g/mol. The average Bonchev–Trinajstić information content (AvgIpc) is 2.48. The number of halogens is 2. The number of anilines is 1. The van der Waals surface area contributed by atoms with Gasteiger partial charge in [-0.2, -0.15) is 0 Å². The molecule has 2 aromatic rings. The highest BCUT2D eigenvalue weighted by molar-refractivity contribution is 6.30. The lowest BCUT2D eigenvalue weighted by atomic mass is 10.2. The van der Waals surface area contributed by atoms with Crippen molar-refractivity contribution in [2.75, 3.05) is 12.4 Å². The maximum atomic E-state index is 13.3. The Labute approximate surface area is 121 Å². The van der Waals surface area contributed by atoms with Gasteiger partial charge in [0.25, 0.3) is 5.91 Å². The summed E-state index contributed by atoms with van der Waals surface area (Å²) in [5, 5.41) is 5.82. The smallest absolute Gasteiger partial charge is 0.251 e. The van der Waals surface area contributed by atoms with Crippen LogP contribution in [0.1, 0.15) is 15.9 Å². The molecule has 0 heterocycles. The lowest BCUT2D eigenvalue weighted by molar-refractivity contribution is 0.0963. The first-order chi connectivity index (χ1) is 9.60.